The monoisotopic (exact) mass is 387 g/mol. The van der Waals surface area contributed by atoms with Gasteiger partial charge in [-0.15, -0.1) is 0 Å². The molecule has 148 valence electrons. The predicted octanol–water partition coefficient (Wildman–Crippen LogP) is 2.37. The molecule has 0 aliphatic carbocycles. The fourth-order valence-corrected chi connectivity index (χ4v) is 4.88. The van der Waals surface area contributed by atoms with Crippen molar-refractivity contribution in [3.8, 4) is 5.75 Å². The van der Waals surface area contributed by atoms with E-state index >= 15 is 0 Å². The molecule has 0 bridgehead atoms. The lowest BCUT2D eigenvalue weighted by atomic mass is 10.1. The largest absolute Gasteiger partial charge is 0.496 e. The molecule has 1 rings (SSSR count). The van der Waals surface area contributed by atoms with Crippen molar-refractivity contribution in [3.63, 3.8) is 0 Å². The Morgan fingerprint density at radius 1 is 1.23 bits per heavy atom. The Bertz CT molecular complexity index is 743. The van der Waals surface area contributed by atoms with Gasteiger partial charge in [0.2, 0.25) is 10.0 Å². The van der Waals surface area contributed by atoms with Crippen molar-refractivity contribution in [1.29, 1.82) is 0 Å². The van der Waals surface area contributed by atoms with Crippen LogP contribution in [0, 0.1) is 26.7 Å². The first-order valence-corrected chi connectivity index (χ1v) is 9.90. The second-order valence-electron chi connectivity index (χ2n) is 6.68. The molecular weight excluding hydrogens is 358 g/mol. The normalized spacial score (nSPS) is 12.0. The molecule has 0 spiro atoms. The van der Waals surface area contributed by atoms with E-state index in [0.29, 0.717) is 23.4 Å². The highest BCUT2D eigenvalue weighted by Gasteiger charge is 2.29. The van der Waals surface area contributed by atoms with Gasteiger partial charge in [-0.05, 0) is 49.4 Å². The maximum Gasteiger partial charge on any atom is 0.329 e. The van der Waals surface area contributed by atoms with Crippen molar-refractivity contribution in [1.82, 2.24) is 4.31 Å². The third-order valence-electron chi connectivity index (χ3n) is 4.08. The van der Waals surface area contributed by atoms with Gasteiger partial charge in [-0.3, -0.25) is 0 Å². The third-order valence-corrected chi connectivity index (χ3v) is 6.23. The lowest BCUT2D eigenvalue weighted by Crippen LogP contribution is -2.37. The van der Waals surface area contributed by atoms with Crippen LogP contribution in [0.15, 0.2) is 11.0 Å². The van der Waals surface area contributed by atoms with Crippen LogP contribution in [-0.2, 0) is 19.6 Å². The first-order valence-electron chi connectivity index (χ1n) is 8.46. The van der Waals surface area contributed by atoms with Crippen LogP contribution >= 0.6 is 0 Å². The molecule has 26 heavy (non-hydrogen) atoms. The number of ether oxygens (including phenoxy) is 2. The van der Waals surface area contributed by atoms with E-state index in [1.807, 2.05) is 20.8 Å². The highest BCUT2D eigenvalue weighted by atomic mass is 32.2. The van der Waals surface area contributed by atoms with Crippen LogP contribution in [0.2, 0.25) is 0 Å². The predicted molar refractivity (Wildman–Crippen MR) is 99.3 cm³/mol. The van der Waals surface area contributed by atoms with E-state index in [1.54, 1.807) is 27.0 Å². The van der Waals surface area contributed by atoms with E-state index in [1.165, 1.54) is 4.31 Å². The summed E-state index contributed by atoms with van der Waals surface area (Å²) in [5.74, 6) is -0.316. The lowest BCUT2D eigenvalue weighted by molar-refractivity contribution is -0.142. The molecule has 0 radical (unpaired) electrons. The van der Waals surface area contributed by atoms with Crippen molar-refractivity contribution in [2.75, 3.05) is 33.4 Å². The van der Waals surface area contributed by atoms with Gasteiger partial charge in [0.15, 0.2) is 0 Å². The Balaban J connectivity index is 3.24. The zero-order chi connectivity index (χ0) is 20.1. The number of aliphatic carboxylic acids is 1. The number of hydrogen-bond donors (Lipinski definition) is 1. The van der Waals surface area contributed by atoms with E-state index in [9.17, 15) is 13.2 Å². The zero-order valence-electron chi connectivity index (χ0n) is 16.3. The summed E-state index contributed by atoms with van der Waals surface area (Å²) in [5, 5.41) is 8.65. The van der Waals surface area contributed by atoms with E-state index in [2.05, 4.69) is 0 Å². The van der Waals surface area contributed by atoms with Crippen molar-refractivity contribution < 1.29 is 27.8 Å². The average Bonchev–Trinajstić information content (AvgIpc) is 2.52. The third kappa shape index (κ3) is 5.43. The number of nitrogens with zero attached hydrogens (tertiary/aromatic N) is 1. The number of rotatable bonds is 10. The molecule has 1 aromatic rings. The van der Waals surface area contributed by atoms with Gasteiger partial charge in [0.25, 0.3) is 0 Å². The van der Waals surface area contributed by atoms with Crippen LogP contribution in [0.4, 0.5) is 0 Å². The quantitative estimate of drug-likeness (QED) is 0.620. The van der Waals surface area contributed by atoms with Crippen LogP contribution in [-0.4, -0.2) is 57.2 Å². The SMILES string of the molecule is COc1cc(C)c(S(=O)(=O)N(CCOCC(=O)O)CC(C)C)c(C)c1C. The zero-order valence-corrected chi connectivity index (χ0v) is 17.1. The van der Waals surface area contributed by atoms with Gasteiger partial charge >= 0.3 is 5.97 Å². The molecule has 8 heteroatoms. The van der Waals surface area contributed by atoms with Gasteiger partial charge in [0.1, 0.15) is 12.4 Å². The van der Waals surface area contributed by atoms with Gasteiger partial charge in [-0.1, -0.05) is 13.8 Å². The number of sulfonamides is 1. The van der Waals surface area contributed by atoms with Crippen molar-refractivity contribution >= 4 is 16.0 Å². The highest BCUT2D eigenvalue weighted by molar-refractivity contribution is 7.89. The van der Waals surface area contributed by atoms with Crippen LogP contribution in [0.3, 0.4) is 0 Å². The minimum Gasteiger partial charge on any atom is -0.496 e. The summed E-state index contributed by atoms with van der Waals surface area (Å²) >= 11 is 0. The molecule has 0 amide bonds. The number of hydrogen-bond acceptors (Lipinski definition) is 5. The van der Waals surface area contributed by atoms with Crippen LogP contribution in [0.5, 0.6) is 5.75 Å². The average molecular weight is 387 g/mol. The van der Waals surface area contributed by atoms with Crippen molar-refractivity contribution in [2.24, 2.45) is 5.92 Å². The fraction of sp³-hybridized carbons (Fsp3) is 0.611. The van der Waals surface area contributed by atoms with Crippen molar-refractivity contribution in [2.45, 2.75) is 39.5 Å². The summed E-state index contributed by atoms with van der Waals surface area (Å²) in [7, 11) is -2.20. The summed E-state index contributed by atoms with van der Waals surface area (Å²) < 4.78 is 38.3. The van der Waals surface area contributed by atoms with Gasteiger partial charge in [0.05, 0.1) is 18.6 Å². The Morgan fingerprint density at radius 3 is 2.35 bits per heavy atom. The van der Waals surface area contributed by atoms with E-state index < -0.39 is 22.6 Å². The number of carbonyl (C=O) groups is 1. The molecule has 0 saturated carbocycles. The van der Waals surface area contributed by atoms with Gasteiger partial charge in [-0.25, -0.2) is 13.2 Å². The maximum absolute atomic E-state index is 13.3. The second kappa shape index (κ2) is 9.34. The topological polar surface area (TPSA) is 93.1 Å². The number of benzene rings is 1. The van der Waals surface area contributed by atoms with Gasteiger partial charge in [-0.2, -0.15) is 4.31 Å². The van der Waals surface area contributed by atoms with Crippen LogP contribution in [0.25, 0.3) is 0 Å². The summed E-state index contributed by atoms with van der Waals surface area (Å²) in [6, 6.07) is 1.73. The molecule has 0 aliphatic heterocycles. The smallest absolute Gasteiger partial charge is 0.329 e. The Kier molecular flexibility index (Phi) is 8.05. The summed E-state index contributed by atoms with van der Waals surface area (Å²) in [6.07, 6.45) is 0. The van der Waals surface area contributed by atoms with Crippen LogP contribution < -0.4 is 4.74 Å². The van der Waals surface area contributed by atoms with E-state index in [4.69, 9.17) is 14.6 Å². The summed E-state index contributed by atoms with van der Waals surface area (Å²) in [4.78, 5) is 10.8. The molecule has 0 aliphatic rings. The molecule has 0 aromatic heterocycles. The first kappa shape index (κ1) is 22.4. The molecule has 0 heterocycles. The Hall–Kier alpha value is -1.64. The lowest BCUT2D eigenvalue weighted by Gasteiger charge is -2.26. The van der Waals surface area contributed by atoms with Gasteiger partial charge < -0.3 is 14.6 Å². The Morgan fingerprint density at radius 2 is 1.85 bits per heavy atom. The molecule has 0 saturated heterocycles. The molecule has 0 atom stereocenters. The number of aryl methyl sites for hydroxylation is 1. The van der Waals surface area contributed by atoms with Crippen LogP contribution in [0.1, 0.15) is 30.5 Å². The Labute approximate surface area is 156 Å². The van der Waals surface area contributed by atoms with Gasteiger partial charge in [0, 0.05) is 13.1 Å². The molecule has 0 unspecified atom stereocenters. The summed E-state index contributed by atoms with van der Waals surface area (Å²) in [6.45, 7) is 9.19. The number of carboxylic acids is 1. The fourth-order valence-electron chi connectivity index (χ4n) is 2.80. The summed E-state index contributed by atoms with van der Waals surface area (Å²) in [5.41, 5.74) is 2.05. The van der Waals surface area contributed by atoms with E-state index in [-0.39, 0.29) is 24.0 Å². The standard InChI is InChI=1S/C18H29NO6S/c1-12(2)10-19(7-8-25-11-17(20)21)26(22,23)18-13(3)9-16(24-6)14(4)15(18)5/h9,12H,7-8,10-11H2,1-6H3,(H,20,21). The highest BCUT2D eigenvalue weighted by Crippen LogP contribution is 2.32. The molecular formula is C18H29NO6S. The first-order chi connectivity index (χ1) is 12.0. The van der Waals surface area contributed by atoms with Crippen molar-refractivity contribution in [3.05, 3.63) is 22.8 Å². The van der Waals surface area contributed by atoms with E-state index in [0.717, 1.165) is 5.56 Å². The molecule has 7 nitrogen and oxygen atoms in total. The molecule has 0 fully saturated rings. The second-order valence-corrected chi connectivity index (χ2v) is 8.55. The maximum atomic E-state index is 13.3. The minimum atomic E-state index is -3.76. The molecule has 1 N–H and O–H groups in total. The number of carboxylic acid groups (broad SMARTS) is 1. The minimum absolute atomic E-state index is 0.0193. The molecule has 1 aromatic carbocycles. The number of methoxy groups -OCH3 is 1.